The molecule has 0 unspecified atom stereocenters. The summed E-state index contributed by atoms with van der Waals surface area (Å²) in [5.74, 6) is -0.212. The van der Waals surface area contributed by atoms with Gasteiger partial charge in [-0.1, -0.05) is 0 Å². The third kappa shape index (κ3) is 2.60. The molecule has 1 aromatic carbocycles. The van der Waals surface area contributed by atoms with Gasteiger partial charge in [0.1, 0.15) is 5.75 Å². The molecular weight excluding hydrogens is 252 g/mol. The number of hydrogen-bond acceptors (Lipinski definition) is 5. The van der Waals surface area contributed by atoms with Crippen LogP contribution >= 0.6 is 11.3 Å². The summed E-state index contributed by atoms with van der Waals surface area (Å²) in [5.41, 5.74) is 1.89. The minimum atomic E-state index is -1.02. The Labute approximate surface area is 108 Å². The van der Waals surface area contributed by atoms with Gasteiger partial charge in [-0.15, -0.1) is 11.3 Å². The minimum absolute atomic E-state index is 0.0488. The second-order valence-corrected chi connectivity index (χ2v) is 4.51. The molecule has 0 aliphatic rings. The molecule has 2 rings (SSSR count). The predicted octanol–water partition coefficient (Wildman–Crippen LogP) is 2.90. The third-order valence-corrected chi connectivity index (χ3v) is 3.13. The average Bonchev–Trinajstić information content (AvgIpc) is 2.78. The van der Waals surface area contributed by atoms with Crippen LogP contribution in [0, 0.1) is 6.92 Å². The van der Waals surface area contributed by atoms with Gasteiger partial charge in [0.2, 0.25) is 0 Å². The van der Waals surface area contributed by atoms with Crippen LogP contribution in [0.3, 0.4) is 0 Å². The molecule has 0 saturated carbocycles. The summed E-state index contributed by atoms with van der Waals surface area (Å²) in [6, 6.07) is 5.62. The molecular formula is C12H12N2O3S. The van der Waals surface area contributed by atoms with Crippen molar-refractivity contribution in [1.82, 2.24) is 4.98 Å². The third-order valence-electron chi connectivity index (χ3n) is 2.37. The van der Waals surface area contributed by atoms with E-state index in [2.05, 4.69) is 10.3 Å². The smallest absolute Gasteiger partial charge is 0.355 e. The van der Waals surface area contributed by atoms with E-state index in [0.717, 1.165) is 17.0 Å². The van der Waals surface area contributed by atoms with E-state index in [0.29, 0.717) is 5.13 Å². The van der Waals surface area contributed by atoms with E-state index in [1.807, 2.05) is 25.1 Å². The van der Waals surface area contributed by atoms with E-state index in [1.165, 1.54) is 16.7 Å². The highest BCUT2D eigenvalue weighted by Gasteiger charge is 2.09. The molecule has 1 heterocycles. The highest BCUT2D eigenvalue weighted by atomic mass is 32.1. The second kappa shape index (κ2) is 5.05. The Kier molecular flexibility index (Phi) is 3.47. The van der Waals surface area contributed by atoms with Crippen LogP contribution in [0.5, 0.6) is 5.75 Å². The topological polar surface area (TPSA) is 71.5 Å². The van der Waals surface area contributed by atoms with Crippen molar-refractivity contribution in [3.8, 4) is 5.75 Å². The quantitative estimate of drug-likeness (QED) is 0.888. The highest BCUT2D eigenvalue weighted by molar-refractivity contribution is 7.14. The minimum Gasteiger partial charge on any atom is -0.496 e. The molecule has 2 aromatic rings. The van der Waals surface area contributed by atoms with Gasteiger partial charge in [0.05, 0.1) is 7.11 Å². The molecule has 0 radical (unpaired) electrons. The summed E-state index contributed by atoms with van der Waals surface area (Å²) >= 11 is 1.25. The Balaban J connectivity index is 2.18. The molecule has 0 amide bonds. The van der Waals surface area contributed by atoms with Gasteiger partial charge in [-0.25, -0.2) is 9.78 Å². The van der Waals surface area contributed by atoms with Crippen LogP contribution in [0.1, 0.15) is 16.1 Å². The van der Waals surface area contributed by atoms with E-state index in [4.69, 9.17) is 9.84 Å². The Morgan fingerprint density at radius 2 is 2.28 bits per heavy atom. The summed E-state index contributed by atoms with van der Waals surface area (Å²) in [5, 5.41) is 13.9. The van der Waals surface area contributed by atoms with Crippen molar-refractivity contribution in [2.45, 2.75) is 6.92 Å². The number of aryl methyl sites for hydroxylation is 1. The van der Waals surface area contributed by atoms with Gasteiger partial charge < -0.3 is 15.2 Å². The average molecular weight is 264 g/mol. The number of carboxylic acids is 1. The van der Waals surface area contributed by atoms with Gasteiger partial charge >= 0.3 is 5.97 Å². The van der Waals surface area contributed by atoms with Crippen LogP contribution in [-0.4, -0.2) is 23.2 Å². The lowest BCUT2D eigenvalue weighted by atomic mass is 10.2. The van der Waals surface area contributed by atoms with E-state index in [9.17, 15) is 4.79 Å². The van der Waals surface area contributed by atoms with Gasteiger partial charge in [-0.05, 0) is 30.7 Å². The molecule has 0 aliphatic carbocycles. The molecule has 18 heavy (non-hydrogen) atoms. The molecule has 0 fully saturated rings. The molecule has 6 heteroatoms. The van der Waals surface area contributed by atoms with Crippen LogP contribution in [0.2, 0.25) is 0 Å². The number of rotatable bonds is 4. The zero-order chi connectivity index (χ0) is 13.1. The number of thiazole rings is 1. The van der Waals surface area contributed by atoms with Crippen LogP contribution in [-0.2, 0) is 0 Å². The second-order valence-electron chi connectivity index (χ2n) is 3.65. The van der Waals surface area contributed by atoms with E-state index in [1.54, 1.807) is 7.11 Å². The first-order valence-corrected chi connectivity index (χ1v) is 6.08. The van der Waals surface area contributed by atoms with Gasteiger partial charge in [-0.2, -0.15) is 0 Å². The number of nitrogens with zero attached hydrogens (tertiary/aromatic N) is 1. The first-order valence-electron chi connectivity index (χ1n) is 5.20. The molecule has 0 spiro atoms. The van der Waals surface area contributed by atoms with Gasteiger partial charge in [0, 0.05) is 11.1 Å². The van der Waals surface area contributed by atoms with Crippen LogP contribution in [0.4, 0.5) is 10.8 Å². The lowest BCUT2D eigenvalue weighted by Gasteiger charge is -2.07. The predicted molar refractivity (Wildman–Crippen MR) is 70.1 cm³/mol. The summed E-state index contributed by atoms with van der Waals surface area (Å²) in [6.45, 7) is 1.94. The summed E-state index contributed by atoms with van der Waals surface area (Å²) in [7, 11) is 1.62. The molecule has 2 N–H and O–H groups in total. The zero-order valence-corrected chi connectivity index (χ0v) is 10.7. The number of hydrogen-bond donors (Lipinski definition) is 2. The lowest BCUT2D eigenvalue weighted by Crippen LogP contribution is -1.97. The van der Waals surface area contributed by atoms with Gasteiger partial charge in [0.15, 0.2) is 10.8 Å². The number of methoxy groups -OCH3 is 1. The first kappa shape index (κ1) is 12.4. The first-order chi connectivity index (χ1) is 8.60. The summed E-state index contributed by atoms with van der Waals surface area (Å²) < 4.78 is 5.17. The number of aromatic carboxylic acids is 1. The highest BCUT2D eigenvalue weighted by Crippen LogP contribution is 2.25. The maximum Gasteiger partial charge on any atom is 0.355 e. The number of aromatic nitrogens is 1. The van der Waals surface area contributed by atoms with E-state index < -0.39 is 5.97 Å². The molecule has 1 aromatic heterocycles. The van der Waals surface area contributed by atoms with Crippen molar-refractivity contribution in [2.24, 2.45) is 0 Å². The number of anilines is 2. The molecule has 0 atom stereocenters. The Bertz CT molecular complexity index is 580. The number of carboxylic acid groups (broad SMARTS) is 1. The fourth-order valence-corrected chi connectivity index (χ4v) is 2.21. The molecule has 0 aliphatic heterocycles. The van der Waals surface area contributed by atoms with Gasteiger partial charge in [-0.3, -0.25) is 0 Å². The van der Waals surface area contributed by atoms with Crippen molar-refractivity contribution in [1.29, 1.82) is 0 Å². The Hall–Kier alpha value is -2.08. The summed E-state index contributed by atoms with van der Waals surface area (Å²) in [4.78, 5) is 14.7. The van der Waals surface area contributed by atoms with Crippen molar-refractivity contribution in [2.75, 3.05) is 12.4 Å². The van der Waals surface area contributed by atoms with Crippen molar-refractivity contribution >= 4 is 28.1 Å². The number of ether oxygens (including phenoxy) is 1. The van der Waals surface area contributed by atoms with Crippen LogP contribution < -0.4 is 10.1 Å². The normalized spacial score (nSPS) is 10.1. The van der Waals surface area contributed by atoms with Crippen molar-refractivity contribution in [3.63, 3.8) is 0 Å². The fraction of sp³-hybridized carbons (Fsp3) is 0.167. The number of carbonyl (C=O) groups is 1. The Morgan fingerprint density at radius 1 is 1.50 bits per heavy atom. The van der Waals surface area contributed by atoms with Crippen LogP contribution in [0.25, 0.3) is 0 Å². The molecule has 0 saturated heterocycles. The molecule has 94 valence electrons. The monoisotopic (exact) mass is 264 g/mol. The zero-order valence-electron chi connectivity index (χ0n) is 9.93. The Morgan fingerprint density at radius 3 is 2.83 bits per heavy atom. The maximum absolute atomic E-state index is 10.7. The maximum atomic E-state index is 10.7. The van der Waals surface area contributed by atoms with Crippen molar-refractivity contribution in [3.05, 3.63) is 34.8 Å². The number of nitrogens with one attached hydrogen (secondary N) is 1. The van der Waals surface area contributed by atoms with Gasteiger partial charge in [0.25, 0.3) is 0 Å². The lowest BCUT2D eigenvalue weighted by molar-refractivity contribution is 0.0691. The summed E-state index contributed by atoms with van der Waals surface area (Å²) in [6.07, 6.45) is 0. The largest absolute Gasteiger partial charge is 0.496 e. The standard InChI is InChI=1S/C12H12N2O3S/c1-7-5-8(3-4-10(7)17-2)13-12-14-9(6-18-12)11(15)16/h3-6H,1-2H3,(H,13,14)(H,15,16). The van der Waals surface area contributed by atoms with E-state index in [-0.39, 0.29) is 5.69 Å². The number of benzene rings is 1. The molecule has 5 nitrogen and oxygen atoms in total. The molecule has 0 bridgehead atoms. The van der Waals surface area contributed by atoms with E-state index >= 15 is 0 Å². The van der Waals surface area contributed by atoms with Crippen LogP contribution in [0.15, 0.2) is 23.6 Å². The van der Waals surface area contributed by atoms with Crippen molar-refractivity contribution < 1.29 is 14.6 Å². The SMILES string of the molecule is COc1ccc(Nc2nc(C(=O)O)cs2)cc1C. The fourth-order valence-electron chi connectivity index (χ4n) is 1.51.